The lowest BCUT2D eigenvalue weighted by Crippen LogP contribution is -2.08. The smallest absolute Gasteiger partial charge is 0.371 e. The average molecular weight is 320 g/mol. The van der Waals surface area contributed by atoms with Crippen molar-refractivity contribution in [1.82, 2.24) is 4.98 Å². The molecule has 3 rings (SSSR count). The lowest BCUT2D eigenvalue weighted by atomic mass is 10.1. The van der Waals surface area contributed by atoms with Crippen LogP contribution in [0.4, 0.5) is 0 Å². The van der Waals surface area contributed by atoms with Gasteiger partial charge in [-0.1, -0.05) is 11.6 Å². The minimum Gasteiger partial charge on any atom is -0.477 e. The predicted molar refractivity (Wildman–Crippen MR) is 76.7 cm³/mol. The fourth-order valence-electron chi connectivity index (χ4n) is 2.15. The first kappa shape index (κ1) is 14.0. The molecule has 2 aromatic heterocycles. The standard InChI is InChI=1S/C14H6ClNO6/c15-5-3-7(13(18)19)16-6-1-2-9-12(11(5)6)8(17)4-10(22-9)14(20)21/h1-4H,(H,18,19)(H,20,21). The average Bonchev–Trinajstić information content (AvgIpc) is 2.46. The van der Waals surface area contributed by atoms with Crippen molar-refractivity contribution in [3.8, 4) is 0 Å². The molecule has 0 aliphatic carbocycles. The number of halogens is 1. The molecule has 2 N–H and O–H groups in total. The zero-order valence-corrected chi connectivity index (χ0v) is 11.4. The molecular formula is C14H6ClNO6. The van der Waals surface area contributed by atoms with Crippen LogP contribution >= 0.6 is 11.6 Å². The van der Waals surface area contributed by atoms with Gasteiger partial charge in [-0.2, -0.15) is 0 Å². The highest BCUT2D eigenvalue weighted by Gasteiger charge is 2.17. The number of fused-ring (bicyclic) bond motifs is 3. The highest BCUT2D eigenvalue weighted by molar-refractivity contribution is 6.37. The third kappa shape index (κ3) is 2.08. The number of nitrogens with zero attached hydrogens (tertiary/aromatic N) is 1. The van der Waals surface area contributed by atoms with Gasteiger partial charge >= 0.3 is 11.9 Å². The highest BCUT2D eigenvalue weighted by Crippen LogP contribution is 2.29. The van der Waals surface area contributed by atoms with Crippen LogP contribution in [0.25, 0.3) is 21.9 Å². The maximum Gasteiger partial charge on any atom is 0.371 e. The minimum absolute atomic E-state index is 0.0170. The summed E-state index contributed by atoms with van der Waals surface area (Å²) in [5, 5.41) is 18.2. The predicted octanol–water partition coefficient (Wildman–Crippen LogP) is 2.39. The van der Waals surface area contributed by atoms with Gasteiger partial charge in [-0.3, -0.25) is 4.79 Å². The number of carboxylic acids is 2. The van der Waals surface area contributed by atoms with Crippen molar-refractivity contribution in [3.63, 3.8) is 0 Å². The lowest BCUT2D eigenvalue weighted by Gasteiger charge is -2.06. The molecule has 0 fully saturated rings. The van der Waals surface area contributed by atoms with Gasteiger partial charge in [0.1, 0.15) is 11.3 Å². The van der Waals surface area contributed by atoms with Gasteiger partial charge in [0.15, 0.2) is 5.43 Å². The quantitative estimate of drug-likeness (QED) is 0.696. The molecule has 8 heteroatoms. The van der Waals surface area contributed by atoms with Crippen molar-refractivity contribution in [2.75, 3.05) is 0 Å². The van der Waals surface area contributed by atoms with Gasteiger partial charge < -0.3 is 14.6 Å². The van der Waals surface area contributed by atoms with Crippen LogP contribution in [0.5, 0.6) is 0 Å². The highest BCUT2D eigenvalue weighted by atomic mass is 35.5. The number of carboxylic acid groups (broad SMARTS) is 2. The maximum absolute atomic E-state index is 12.2. The van der Waals surface area contributed by atoms with Crippen LogP contribution in [0.2, 0.25) is 5.02 Å². The Balaban J connectivity index is 2.49. The van der Waals surface area contributed by atoms with Gasteiger partial charge in [0.25, 0.3) is 0 Å². The van der Waals surface area contributed by atoms with E-state index in [1.54, 1.807) is 0 Å². The summed E-state index contributed by atoms with van der Waals surface area (Å²) in [7, 11) is 0. The largest absolute Gasteiger partial charge is 0.477 e. The Bertz CT molecular complexity index is 1020. The lowest BCUT2D eigenvalue weighted by molar-refractivity contribution is 0.0659. The number of pyridine rings is 1. The Morgan fingerprint density at radius 1 is 1.09 bits per heavy atom. The number of carbonyl (C=O) groups is 2. The topological polar surface area (TPSA) is 118 Å². The first-order valence-corrected chi connectivity index (χ1v) is 6.30. The molecule has 0 atom stereocenters. The molecule has 2 heterocycles. The third-order valence-corrected chi connectivity index (χ3v) is 3.34. The van der Waals surface area contributed by atoms with E-state index < -0.39 is 23.1 Å². The number of aromatic carboxylic acids is 2. The molecule has 3 aromatic rings. The van der Waals surface area contributed by atoms with E-state index in [9.17, 15) is 14.4 Å². The van der Waals surface area contributed by atoms with Crippen LogP contribution < -0.4 is 5.43 Å². The Labute approximate surface area is 126 Å². The second-order valence-electron chi connectivity index (χ2n) is 4.41. The second kappa shape index (κ2) is 4.81. The van der Waals surface area contributed by atoms with E-state index >= 15 is 0 Å². The fraction of sp³-hybridized carbons (Fsp3) is 0. The summed E-state index contributed by atoms with van der Waals surface area (Å²) in [5.74, 6) is -3.12. The van der Waals surface area contributed by atoms with E-state index in [1.807, 2.05) is 0 Å². The zero-order valence-electron chi connectivity index (χ0n) is 10.7. The van der Waals surface area contributed by atoms with Crippen LogP contribution in [-0.4, -0.2) is 27.1 Å². The van der Waals surface area contributed by atoms with E-state index in [1.165, 1.54) is 12.1 Å². The summed E-state index contributed by atoms with van der Waals surface area (Å²) in [6.45, 7) is 0. The van der Waals surface area contributed by atoms with E-state index in [0.29, 0.717) is 0 Å². The van der Waals surface area contributed by atoms with E-state index in [0.717, 1.165) is 12.1 Å². The number of aromatic nitrogens is 1. The fourth-order valence-corrected chi connectivity index (χ4v) is 2.44. The molecule has 0 aliphatic heterocycles. The summed E-state index contributed by atoms with van der Waals surface area (Å²) in [6, 6.07) is 4.72. The van der Waals surface area contributed by atoms with Crippen LogP contribution in [-0.2, 0) is 0 Å². The maximum atomic E-state index is 12.2. The normalized spacial score (nSPS) is 11.0. The van der Waals surface area contributed by atoms with E-state index in [4.69, 9.17) is 26.2 Å². The van der Waals surface area contributed by atoms with Crippen LogP contribution in [0, 0.1) is 0 Å². The number of benzene rings is 1. The zero-order chi connectivity index (χ0) is 16.0. The van der Waals surface area contributed by atoms with Gasteiger partial charge in [0.2, 0.25) is 5.76 Å². The van der Waals surface area contributed by atoms with Gasteiger partial charge in [-0.15, -0.1) is 0 Å². The summed E-state index contributed by atoms with van der Waals surface area (Å²) < 4.78 is 5.14. The summed E-state index contributed by atoms with van der Waals surface area (Å²) in [4.78, 5) is 38.0. The molecule has 0 saturated carbocycles. The number of hydrogen-bond acceptors (Lipinski definition) is 5. The molecule has 0 unspecified atom stereocenters. The van der Waals surface area contributed by atoms with Crippen LogP contribution in [0.3, 0.4) is 0 Å². The van der Waals surface area contributed by atoms with Gasteiger partial charge in [-0.25, -0.2) is 14.6 Å². The monoisotopic (exact) mass is 319 g/mol. The molecular weight excluding hydrogens is 314 g/mol. The Kier molecular flexibility index (Phi) is 3.07. The number of hydrogen-bond donors (Lipinski definition) is 2. The molecule has 0 aliphatic rings. The van der Waals surface area contributed by atoms with Crippen LogP contribution in [0.15, 0.2) is 33.5 Å². The Hall–Kier alpha value is -2.93. The molecule has 0 amide bonds. The first-order valence-electron chi connectivity index (χ1n) is 5.92. The molecule has 1 aromatic carbocycles. The molecule has 7 nitrogen and oxygen atoms in total. The number of rotatable bonds is 2. The summed E-state index contributed by atoms with van der Waals surface area (Å²) >= 11 is 6.06. The molecule has 0 saturated heterocycles. The van der Waals surface area contributed by atoms with Gasteiger partial charge in [0, 0.05) is 11.5 Å². The molecule has 0 radical (unpaired) electrons. The van der Waals surface area contributed by atoms with Gasteiger partial charge in [0.05, 0.1) is 15.9 Å². The van der Waals surface area contributed by atoms with Crippen molar-refractivity contribution in [1.29, 1.82) is 0 Å². The summed E-state index contributed by atoms with van der Waals surface area (Å²) in [6.07, 6.45) is 0. The van der Waals surface area contributed by atoms with E-state index in [2.05, 4.69) is 4.98 Å². The summed E-state index contributed by atoms with van der Waals surface area (Å²) in [5.41, 5.74) is -0.628. The van der Waals surface area contributed by atoms with Crippen molar-refractivity contribution in [2.45, 2.75) is 0 Å². The molecule has 22 heavy (non-hydrogen) atoms. The van der Waals surface area contributed by atoms with Crippen LogP contribution in [0.1, 0.15) is 21.0 Å². The van der Waals surface area contributed by atoms with E-state index in [-0.39, 0.29) is 32.6 Å². The van der Waals surface area contributed by atoms with Crippen molar-refractivity contribution < 1.29 is 24.2 Å². The molecule has 0 spiro atoms. The Morgan fingerprint density at radius 3 is 2.45 bits per heavy atom. The van der Waals surface area contributed by atoms with Gasteiger partial charge in [-0.05, 0) is 18.2 Å². The molecule has 0 bridgehead atoms. The van der Waals surface area contributed by atoms with Crippen molar-refractivity contribution >= 4 is 45.4 Å². The second-order valence-corrected chi connectivity index (χ2v) is 4.81. The first-order chi connectivity index (χ1) is 10.4. The SMILES string of the molecule is O=C(O)c1cc(Cl)c2c(ccc3oc(C(=O)O)cc(=O)c32)n1. The van der Waals surface area contributed by atoms with Crippen molar-refractivity contribution in [2.24, 2.45) is 0 Å². The third-order valence-electron chi connectivity index (χ3n) is 3.05. The molecule has 110 valence electrons. The Morgan fingerprint density at radius 2 is 1.82 bits per heavy atom. The van der Waals surface area contributed by atoms with Crippen molar-refractivity contribution in [3.05, 3.63) is 51.0 Å². The minimum atomic E-state index is -1.37.